The molecule has 6 heteroatoms. The number of unbranched alkanes of at least 4 members (excludes halogenated alkanes) is 1. The average Bonchev–Trinajstić information content (AvgIpc) is 2.77. The van der Waals surface area contributed by atoms with Crippen molar-refractivity contribution in [2.24, 2.45) is 13.0 Å². The van der Waals surface area contributed by atoms with Crippen LogP contribution in [-0.4, -0.2) is 26.1 Å². The molecule has 0 amide bonds. The third-order valence-corrected chi connectivity index (χ3v) is 4.88. The summed E-state index contributed by atoms with van der Waals surface area (Å²) in [6.45, 7) is 8.43. The van der Waals surface area contributed by atoms with E-state index in [2.05, 4.69) is 23.9 Å². The smallest absolute Gasteiger partial charge is 0.242 e. The van der Waals surface area contributed by atoms with Crippen molar-refractivity contribution in [1.82, 2.24) is 14.6 Å². The van der Waals surface area contributed by atoms with Gasteiger partial charge in [-0.2, -0.15) is 0 Å². The lowest BCUT2D eigenvalue weighted by atomic mass is 10.1. The van der Waals surface area contributed by atoms with Crippen molar-refractivity contribution < 1.29 is 8.42 Å². The number of aryl methyl sites for hydroxylation is 1. The topological polar surface area (TPSA) is 63.1 Å². The Bertz CT molecular complexity index is 521. The van der Waals surface area contributed by atoms with Crippen LogP contribution in [0.2, 0.25) is 0 Å². The maximum atomic E-state index is 12.2. The molecule has 1 aromatic rings. The van der Waals surface area contributed by atoms with Crippen LogP contribution >= 0.6 is 0 Å². The van der Waals surface area contributed by atoms with E-state index in [-0.39, 0.29) is 0 Å². The highest BCUT2D eigenvalue weighted by molar-refractivity contribution is 7.89. The second-order valence-electron chi connectivity index (χ2n) is 5.85. The molecule has 21 heavy (non-hydrogen) atoms. The Kier molecular flexibility index (Phi) is 7.42. The van der Waals surface area contributed by atoms with E-state index in [4.69, 9.17) is 0 Å². The third kappa shape index (κ3) is 6.20. The van der Waals surface area contributed by atoms with Gasteiger partial charge < -0.3 is 9.88 Å². The fraction of sp³-hybridized carbons (Fsp3) is 0.733. The van der Waals surface area contributed by atoms with Gasteiger partial charge in [-0.05, 0) is 24.9 Å². The molecule has 0 saturated heterocycles. The average molecular weight is 315 g/mol. The molecule has 0 aliphatic carbocycles. The van der Waals surface area contributed by atoms with Gasteiger partial charge in [0.25, 0.3) is 0 Å². The number of hydrogen-bond donors (Lipinski definition) is 2. The number of sulfonamides is 1. The van der Waals surface area contributed by atoms with Crippen molar-refractivity contribution in [3.05, 3.63) is 18.0 Å². The quantitative estimate of drug-likeness (QED) is 0.651. The van der Waals surface area contributed by atoms with Crippen LogP contribution < -0.4 is 10.0 Å². The van der Waals surface area contributed by atoms with Crippen LogP contribution in [0.3, 0.4) is 0 Å². The Morgan fingerprint density at radius 3 is 2.62 bits per heavy atom. The van der Waals surface area contributed by atoms with Gasteiger partial charge in [-0.3, -0.25) is 0 Å². The van der Waals surface area contributed by atoms with Crippen molar-refractivity contribution in [3.8, 4) is 0 Å². The minimum absolute atomic E-state index is 0.349. The molecule has 0 unspecified atom stereocenters. The zero-order valence-corrected chi connectivity index (χ0v) is 14.5. The van der Waals surface area contributed by atoms with Gasteiger partial charge in [-0.25, -0.2) is 13.1 Å². The second kappa shape index (κ2) is 8.56. The van der Waals surface area contributed by atoms with Crippen LogP contribution in [0.15, 0.2) is 17.2 Å². The lowest BCUT2D eigenvalue weighted by Gasteiger charge is -2.06. The molecule has 0 saturated carbocycles. The number of nitrogens with zero attached hydrogens (tertiary/aromatic N) is 1. The fourth-order valence-corrected chi connectivity index (χ4v) is 3.29. The van der Waals surface area contributed by atoms with Gasteiger partial charge in [0.15, 0.2) is 0 Å². The Morgan fingerprint density at radius 1 is 1.29 bits per heavy atom. The molecule has 0 aromatic carbocycles. The monoisotopic (exact) mass is 315 g/mol. The van der Waals surface area contributed by atoms with E-state index < -0.39 is 10.0 Å². The van der Waals surface area contributed by atoms with E-state index in [1.165, 1.54) is 0 Å². The first kappa shape index (κ1) is 18.2. The molecule has 0 aliphatic rings. The van der Waals surface area contributed by atoms with Gasteiger partial charge in [0.1, 0.15) is 0 Å². The van der Waals surface area contributed by atoms with Gasteiger partial charge in [0.2, 0.25) is 10.0 Å². The van der Waals surface area contributed by atoms with E-state index in [1.807, 2.05) is 18.5 Å². The minimum Gasteiger partial charge on any atom is -0.352 e. The third-order valence-electron chi connectivity index (χ3n) is 3.45. The van der Waals surface area contributed by atoms with Crippen molar-refractivity contribution in [1.29, 1.82) is 0 Å². The molecule has 122 valence electrons. The normalized spacial score (nSPS) is 12.2. The summed E-state index contributed by atoms with van der Waals surface area (Å²) in [4.78, 5) is 0.349. The van der Waals surface area contributed by atoms with E-state index in [9.17, 15) is 8.42 Å². The summed E-state index contributed by atoms with van der Waals surface area (Å²) in [7, 11) is -1.52. The van der Waals surface area contributed by atoms with Gasteiger partial charge in [-0.1, -0.05) is 33.6 Å². The number of hydrogen-bond acceptors (Lipinski definition) is 3. The van der Waals surface area contributed by atoms with Crippen LogP contribution in [0.1, 0.15) is 45.7 Å². The number of rotatable bonds is 10. The Balaban J connectivity index is 2.54. The van der Waals surface area contributed by atoms with Crippen LogP contribution in [-0.2, 0) is 23.6 Å². The van der Waals surface area contributed by atoms with Crippen molar-refractivity contribution >= 4 is 10.0 Å². The highest BCUT2D eigenvalue weighted by Crippen LogP contribution is 2.13. The van der Waals surface area contributed by atoms with E-state index in [0.717, 1.165) is 31.5 Å². The van der Waals surface area contributed by atoms with Crippen LogP contribution in [0.25, 0.3) is 0 Å². The lowest BCUT2D eigenvalue weighted by molar-refractivity contribution is 0.530. The second-order valence-corrected chi connectivity index (χ2v) is 7.61. The highest BCUT2D eigenvalue weighted by Gasteiger charge is 2.16. The van der Waals surface area contributed by atoms with E-state index >= 15 is 0 Å². The summed E-state index contributed by atoms with van der Waals surface area (Å²) in [6.07, 6.45) is 4.75. The van der Waals surface area contributed by atoms with Gasteiger partial charge >= 0.3 is 0 Å². The molecule has 1 rings (SSSR count). The van der Waals surface area contributed by atoms with Crippen LogP contribution in [0, 0.1) is 5.92 Å². The molecule has 0 bridgehead atoms. The van der Waals surface area contributed by atoms with Gasteiger partial charge in [0.05, 0.1) is 4.90 Å². The first-order chi connectivity index (χ1) is 9.86. The first-order valence-corrected chi connectivity index (χ1v) is 9.20. The van der Waals surface area contributed by atoms with Crippen molar-refractivity contribution in [3.63, 3.8) is 0 Å². The number of aromatic nitrogens is 1. The molecule has 0 atom stereocenters. The van der Waals surface area contributed by atoms with E-state index in [0.29, 0.717) is 23.9 Å². The molecule has 0 spiro atoms. The molecule has 2 N–H and O–H groups in total. The predicted molar refractivity (Wildman–Crippen MR) is 86.7 cm³/mol. The molecule has 0 radical (unpaired) electrons. The molecular formula is C15H29N3O2S. The largest absolute Gasteiger partial charge is 0.352 e. The maximum absolute atomic E-state index is 12.2. The van der Waals surface area contributed by atoms with Crippen molar-refractivity contribution in [2.45, 2.75) is 51.5 Å². The molecule has 0 aliphatic heterocycles. The molecule has 5 nitrogen and oxygen atoms in total. The van der Waals surface area contributed by atoms with E-state index in [1.54, 1.807) is 12.3 Å². The molecule has 1 heterocycles. The standard InChI is InChI=1S/C15H29N3O2S/c1-5-16-11-14-10-15(12-18(14)4)21(19,20)17-9-7-6-8-13(2)3/h10,12-13,16-17H,5-9,11H2,1-4H3. The minimum atomic E-state index is -3.39. The summed E-state index contributed by atoms with van der Waals surface area (Å²) < 4.78 is 29.0. The molecule has 0 fully saturated rings. The molecule has 1 aromatic heterocycles. The summed E-state index contributed by atoms with van der Waals surface area (Å²) in [5, 5.41) is 3.20. The zero-order valence-electron chi connectivity index (χ0n) is 13.6. The maximum Gasteiger partial charge on any atom is 0.242 e. The number of nitrogens with one attached hydrogen (secondary N) is 2. The Hall–Kier alpha value is -0.850. The highest BCUT2D eigenvalue weighted by atomic mass is 32.2. The van der Waals surface area contributed by atoms with Gasteiger partial charge in [0, 0.05) is 32.0 Å². The van der Waals surface area contributed by atoms with Crippen LogP contribution in [0.4, 0.5) is 0 Å². The SMILES string of the molecule is CCNCc1cc(S(=O)(=O)NCCCCC(C)C)cn1C. The summed E-state index contributed by atoms with van der Waals surface area (Å²) >= 11 is 0. The zero-order chi connectivity index (χ0) is 15.9. The Labute approximate surface area is 129 Å². The summed E-state index contributed by atoms with van der Waals surface area (Å²) in [6, 6.07) is 1.74. The Morgan fingerprint density at radius 2 is 2.00 bits per heavy atom. The fourth-order valence-electron chi connectivity index (χ4n) is 2.12. The summed E-state index contributed by atoms with van der Waals surface area (Å²) in [5.41, 5.74) is 0.969. The summed E-state index contributed by atoms with van der Waals surface area (Å²) in [5.74, 6) is 0.671. The van der Waals surface area contributed by atoms with Crippen molar-refractivity contribution in [2.75, 3.05) is 13.1 Å². The first-order valence-electron chi connectivity index (χ1n) is 7.72. The predicted octanol–water partition coefficient (Wildman–Crippen LogP) is 2.24. The van der Waals surface area contributed by atoms with Crippen LogP contribution in [0.5, 0.6) is 0 Å². The van der Waals surface area contributed by atoms with Gasteiger partial charge in [-0.15, -0.1) is 0 Å². The molecular weight excluding hydrogens is 286 g/mol. The lowest BCUT2D eigenvalue weighted by Crippen LogP contribution is -2.24.